The molecule has 0 aliphatic heterocycles. The van der Waals surface area contributed by atoms with E-state index in [1.165, 1.54) is 19.1 Å². The van der Waals surface area contributed by atoms with Gasteiger partial charge in [0.1, 0.15) is 5.82 Å². The Morgan fingerprint density at radius 2 is 1.65 bits per heavy atom. The van der Waals surface area contributed by atoms with Gasteiger partial charge in [0.15, 0.2) is 5.78 Å². The molecule has 0 spiro atoms. The normalized spacial score (nSPS) is 10.3. The Bertz CT molecular complexity index is 535. The van der Waals surface area contributed by atoms with E-state index in [0.717, 1.165) is 16.7 Å². The van der Waals surface area contributed by atoms with Gasteiger partial charge in [-0.1, -0.05) is 30.3 Å². The monoisotopic (exact) mass is 228 g/mol. The van der Waals surface area contributed by atoms with Crippen LogP contribution in [0.25, 0.3) is 11.1 Å². The molecule has 0 saturated carbocycles. The van der Waals surface area contributed by atoms with Crippen LogP contribution in [0.4, 0.5) is 4.39 Å². The molecule has 2 rings (SSSR count). The van der Waals surface area contributed by atoms with E-state index in [4.69, 9.17) is 0 Å². The van der Waals surface area contributed by atoms with Gasteiger partial charge in [-0.3, -0.25) is 4.79 Å². The Balaban J connectivity index is 2.43. The molecule has 0 aliphatic carbocycles. The first-order valence-electron chi connectivity index (χ1n) is 5.45. The Labute approximate surface area is 99.9 Å². The van der Waals surface area contributed by atoms with Gasteiger partial charge < -0.3 is 0 Å². The van der Waals surface area contributed by atoms with Crippen LogP contribution in [-0.2, 0) is 0 Å². The second-order valence-electron chi connectivity index (χ2n) is 4.15. The Hall–Kier alpha value is -1.96. The zero-order valence-corrected chi connectivity index (χ0v) is 9.83. The van der Waals surface area contributed by atoms with Crippen molar-refractivity contribution in [3.63, 3.8) is 0 Å². The van der Waals surface area contributed by atoms with Crippen LogP contribution in [0.5, 0.6) is 0 Å². The van der Waals surface area contributed by atoms with Crippen molar-refractivity contribution in [1.82, 2.24) is 0 Å². The van der Waals surface area contributed by atoms with E-state index in [1.807, 2.05) is 25.1 Å². The standard InChI is InChI=1S/C15H13FO/c1-10-7-14(9-15(16)8-10)13-5-3-12(4-6-13)11(2)17/h3-9H,1-2H3. The summed E-state index contributed by atoms with van der Waals surface area (Å²) in [4.78, 5) is 11.1. The third kappa shape index (κ3) is 2.59. The summed E-state index contributed by atoms with van der Waals surface area (Å²) in [5.41, 5.74) is 3.30. The smallest absolute Gasteiger partial charge is 0.159 e. The maximum absolute atomic E-state index is 13.3. The quantitative estimate of drug-likeness (QED) is 0.710. The summed E-state index contributed by atoms with van der Waals surface area (Å²) < 4.78 is 13.3. The fourth-order valence-electron chi connectivity index (χ4n) is 1.80. The molecule has 2 aromatic rings. The molecule has 0 amide bonds. The molecule has 86 valence electrons. The lowest BCUT2D eigenvalue weighted by Crippen LogP contribution is -1.91. The van der Waals surface area contributed by atoms with Gasteiger partial charge in [-0.05, 0) is 42.7 Å². The largest absolute Gasteiger partial charge is 0.295 e. The highest BCUT2D eigenvalue weighted by molar-refractivity contribution is 5.94. The summed E-state index contributed by atoms with van der Waals surface area (Å²) >= 11 is 0. The summed E-state index contributed by atoms with van der Waals surface area (Å²) in [5.74, 6) is -0.206. The molecule has 0 N–H and O–H groups in total. The number of carbonyl (C=O) groups excluding carboxylic acids is 1. The van der Waals surface area contributed by atoms with Gasteiger partial charge in [-0.15, -0.1) is 0 Å². The van der Waals surface area contributed by atoms with Crippen LogP contribution in [0, 0.1) is 12.7 Å². The number of hydrogen-bond acceptors (Lipinski definition) is 1. The highest BCUT2D eigenvalue weighted by Gasteiger charge is 2.03. The van der Waals surface area contributed by atoms with Gasteiger partial charge in [0.2, 0.25) is 0 Å². The molecule has 0 radical (unpaired) electrons. The molecular weight excluding hydrogens is 215 g/mol. The summed E-state index contributed by atoms with van der Waals surface area (Å²) in [7, 11) is 0. The van der Waals surface area contributed by atoms with E-state index in [1.54, 1.807) is 12.1 Å². The van der Waals surface area contributed by atoms with E-state index >= 15 is 0 Å². The van der Waals surface area contributed by atoms with Crippen molar-refractivity contribution in [1.29, 1.82) is 0 Å². The third-order valence-corrected chi connectivity index (χ3v) is 2.67. The lowest BCUT2D eigenvalue weighted by Gasteiger charge is -2.04. The van der Waals surface area contributed by atoms with Gasteiger partial charge in [0.05, 0.1) is 0 Å². The van der Waals surface area contributed by atoms with Crippen molar-refractivity contribution in [2.45, 2.75) is 13.8 Å². The average Bonchev–Trinajstić information content (AvgIpc) is 2.28. The second-order valence-corrected chi connectivity index (χ2v) is 4.15. The van der Waals surface area contributed by atoms with E-state index < -0.39 is 0 Å². The molecule has 0 atom stereocenters. The lowest BCUT2D eigenvalue weighted by molar-refractivity contribution is 0.101. The van der Waals surface area contributed by atoms with Gasteiger partial charge in [0, 0.05) is 5.56 Å². The summed E-state index contributed by atoms with van der Waals surface area (Å²) in [5, 5.41) is 0. The molecule has 0 aromatic heterocycles. The summed E-state index contributed by atoms with van der Waals surface area (Å²) in [6, 6.07) is 12.1. The molecule has 0 aliphatic rings. The number of ketones is 1. The third-order valence-electron chi connectivity index (χ3n) is 2.67. The molecule has 17 heavy (non-hydrogen) atoms. The van der Waals surface area contributed by atoms with Crippen LogP contribution in [0.2, 0.25) is 0 Å². The maximum Gasteiger partial charge on any atom is 0.159 e. The van der Waals surface area contributed by atoms with Gasteiger partial charge in [-0.25, -0.2) is 4.39 Å². The zero-order valence-electron chi connectivity index (χ0n) is 9.83. The number of hydrogen-bond donors (Lipinski definition) is 0. The van der Waals surface area contributed by atoms with Gasteiger partial charge in [0.25, 0.3) is 0 Å². The van der Waals surface area contributed by atoms with Crippen molar-refractivity contribution < 1.29 is 9.18 Å². The van der Waals surface area contributed by atoms with E-state index in [9.17, 15) is 9.18 Å². The highest BCUT2D eigenvalue weighted by Crippen LogP contribution is 2.22. The van der Waals surface area contributed by atoms with Crippen LogP contribution in [-0.4, -0.2) is 5.78 Å². The maximum atomic E-state index is 13.3. The fourth-order valence-corrected chi connectivity index (χ4v) is 1.80. The molecule has 0 bridgehead atoms. The van der Waals surface area contributed by atoms with Crippen molar-refractivity contribution in [3.05, 3.63) is 59.4 Å². The van der Waals surface area contributed by atoms with E-state index in [0.29, 0.717) is 5.56 Å². The van der Waals surface area contributed by atoms with Crippen molar-refractivity contribution in [2.75, 3.05) is 0 Å². The SMILES string of the molecule is CC(=O)c1ccc(-c2cc(C)cc(F)c2)cc1. The molecule has 2 aromatic carbocycles. The average molecular weight is 228 g/mol. The minimum atomic E-state index is -0.240. The zero-order chi connectivity index (χ0) is 12.4. The number of benzene rings is 2. The first-order chi connectivity index (χ1) is 8.06. The number of carbonyl (C=O) groups is 1. The first kappa shape index (κ1) is 11.5. The molecular formula is C15H13FO. The molecule has 1 nitrogen and oxygen atoms in total. The fraction of sp³-hybridized carbons (Fsp3) is 0.133. The van der Waals surface area contributed by atoms with Gasteiger partial charge in [-0.2, -0.15) is 0 Å². The number of halogens is 1. The molecule has 0 heterocycles. The number of Topliss-reactive ketones (excluding diaryl/α,β-unsaturated/α-hetero) is 1. The summed E-state index contributed by atoms with van der Waals surface area (Å²) in [6.45, 7) is 3.39. The molecule has 0 unspecified atom stereocenters. The van der Waals surface area contributed by atoms with Crippen molar-refractivity contribution in [3.8, 4) is 11.1 Å². The van der Waals surface area contributed by atoms with Crippen LogP contribution in [0.1, 0.15) is 22.8 Å². The van der Waals surface area contributed by atoms with E-state index in [2.05, 4.69) is 0 Å². The van der Waals surface area contributed by atoms with Crippen LogP contribution >= 0.6 is 0 Å². The Kier molecular flexibility index (Phi) is 3.05. The van der Waals surface area contributed by atoms with E-state index in [-0.39, 0.29) is 11.6 Å². The predicted octanol–water partition coefficient (Wildman–Crippen LogP) is 4.00. The minimum Gasteiger partial charge on any atom is -0.295 e. The van der Waals surface area contributed by atoms with Crippen LogP contribution in [0.3, 0.4) is 0 Å². The van der Waals surface area contributed by atoms with Crippen molar-refractivity contribution in [2.24, 2.45) is 0 Å². The van der Waals surface area contributed by atoms with Crippen LogP contribution < -0.4 is 0 Å². The van der Waals surface area contributed by atoms with Gasteiger partial charge >= 0.3 is 0 Å². The highest BCUT2D eigenvalue weighted by atomic mass is 19.1. The second kappa shape index (κ2) is 4.50. The topological polar surface area (TPSA) is 17.1 Å². The van der Waals surface area contributed by atoms with Crippen LogP contribution in [0.15, 0.2) is 42.5 Å². The number of aryl methyl sites for hydroxylation is 1. The Morgan fingerprint density at radius 1 is 1.00 bits per heavy atom. The van der Waals surface area contributed by atoms with Crippen molar-refractivity contribution >= 4 is 5.78 Å². The number of rotatable bonds is 2. The molecule has 0 saturated heterocycles. The lowest BCUT2D eigenvalue weighted by atomic mass is 10.0. The predicted molar refractivity (Wildman–Crippen MR) is 66.6 cm³/mol. The minimum absolute atomic E-state index is 0.0342. The first-order valence-corrected chi connectivity index (χ1v) is 5.45. The Morgan fingerprint density at radius 3 is 2.18 bits per heavy atom. The summed E-state index contributed by atoms with van der Waals surface area (Å²) in [6.07, 6.45) is 0. The molecule has 0 fully saturated rings. The molecule has 2 heteroatoms.